The van der Waals surface area contributed by atoms with Gasteiger partial charge in [-0.3, -0.25) is 0 Å². The van der Waals surface area contributed by atoms with E-state index in [-0.39, 0.29) is 6.10 Å². The number of hydrogen-bond acceptors (Lipinski definition) is 3. The highest BCUT2D eigenvalue weighted by Gasteiger charge is 2.17. The lowest BCUT2D eigenvalue weighted by atomic mass is 9.98. The van der Waals surface area contributed by atoms with Gasteiger partial charge in [0.15, 0.2) is 0 Å². The highest BCUT2D eigenvalue weighted by atomic mass is 16.5. The number of piperidine rings is 1. The summed E-state index contributed by atoms with van der Waals surface area (Å²) in [5.74, 6) is 2.27. The van der Waals surface area contributed by atoms with Gasteiger partial charge in [-0.05, 0) is 61.9 Å². The van der Waals surface area contributed by atoms with Crippen molar-refractivity contribution in [2.45, 2.75) is 46.1 Å². The Hall–Kier alpha value is -1.06. The van der Waals surface area contributed by atoms with E-state index in [2.05, 4.69) is 25.7 Å². The monoisotopic (exact) mass is 305 g/mol. The Morgan fingerprint density at radius 3 is 2.41 bits per heavy atom. The molecule has 1 aliphatic heterocycles. The lowest BCUT2D eigenvalue weighted by molar-refractivity contribution is 0.125. The molecule has 1 unspecified atom stereocenters. The molecule has 1 aliphatic rings. The van der Waals surface area contributed by atoms with Gasteiger partial charge in [-0.25, -0.2) is 0 Å². The predicted octanol–water partition coefficient (Wildman–Crippen LogP) is 3.88. The van der Waals surface area contributed by atoms with Crippen LogP contribution in [0, 0.1) is 11.8 Å². The standard InChI is InChI=1S/C19H31NO2/c1-15(2)14-22-18-6-4-17(5-7-18)19(21)10-13-20-11-8-16(3)9-12-20/h4-7,15-16,19,21H,8-14H2,1-3H3. The number of aliphatic hydroxyl groups is 1. The van der Waals surface area contributed by atoms with Gasteiger partial charge in [-0.15, -0.1) is 0 Å². The molecule has 3 nitrogen and oxygen atoms in total. The highest BCUT2D eigenvalue weighted by molar-refractivity contribution is 5.28. The fourth-order valence-electron chi connectivity index (χ4n) is 2.81. The summed E-state index contributed by atoms with van der Waals surface area (Å²) in [7, 11) is 0. The first-order valence-corrected chi connectivity index (χ1v) is 8.67. The number of hydrogen-bond donors (Lipinski definition) is 1. The van der Waals surface area contributed by atoms with Crippen molar-refractivity contribution in [3.63, 3.8) is 0 Å². The van der Waals surface area contributed by atoms with Crippen molar-refractivity contribution in [2.75, 3.05) is 26.2 Å². The molecule has 1 heterocycles. The summed E-state index contributed by atoms with van der Waals surface area (Å²) >= 11 is 0. The summed E-state index contributed by atoms with van der Waals surface area (Å²) in [4.78, 5) is 2.48. The third kappa shape index (κ3) is 5.62. The Labute approximate surface area is 135 Å². The minimum atomic E-state index is -0.376. The number of aliphatic hydroxyl groups excluding tert-OH is 1. The molecule has 0 aromatic heterocycles. The van der Waals surface area contributed by atoms with Crippen molar-refractivity contribution in [3.05, 3.63) is 29.8 Å². The lowest BCUT2D eigenvalue weighted by Crippen LogP contribution is -2.34. The number of nitrogens with zero attached hydrogens (tertiary/aromatic N) is 1. The van der Waals surface area contributed by atoms with Crippen molar-refractivity contribution in [1.29, 1.82) is 0 Å². The molecule has 3 heteroatoms. The van der Waals surface area contributed by atoms with Crippen LogP contribution < -0.4 is 4.74 Å². The minimum absolute atomic E-state index is 0.376. The van der Waals surface area contributed by atoms with Gasteiger partial charge in [0.1, 0.15) is 5.75 Å². The molecular weight excluding hydrogens is 274 g/mol. The van der Waals surface area contributed by atoms with Gasteiger partial charge in [0.05, 0.1) is 12.7 Å². The Bertz CT molecular complexity index is 422. The van der Waals surface area contributed by atoms with E-state index in [0.29, 0.717) is 5.92 Å². The number of likely N-dealkylation sites (tertiary alicyclic amines) is 1. The average molecular weight is 305 g/mol. The molecule has 0 bridgehead atoms. The van der Waals surface area contributed by atoms with Crippen LogP contribution in [-0.2, 0) is 0 Å². The number of benzene rings is 1. The minimum Gasteiger partial charge on any atom is -0.493 e. The van der Waals surface area contributed by atoms with Gasteiger partial charge < -0.3 is 14.7 Å². The first kappa shape index (κ1) is 17.3. The summed E-state index contributed by atoms with van der Waals surface area (Å²) in [6.07, 6.45) is 3.01. The Kier molecular flexibility index (Phi) is 6.71. The van der Waals surface area contributed by atoms with Crippen LogP contribution in [0.3, 0.4) is 0 Å². The molecule has 22 heavy (non-hydrogen) atoms. The van der Waals surface area contributed by atoms with Crippen molar-refractivity contribution >= 4 is 0 Å². The molecule has 0 amide bonds. The molecule has 124 valence electrons. The maximum Gasteiger partial charge on any atom is 0.119 e. The zero-order valence-electron chi connectivity index (χ0n) is 14.3. The SMILES string of the molecule is CC(C)COc1ccc(C(O)CCN2CCC(C)CC2)cc1. The molecule has 1 fully saturated rings. The van der Waals surface area contributed by atoms with E-state index in [1.54, 1.807) is 0 Å². The normalized spacial score (nSPS) is 18.6. The molecule has 2 rings (SSSR count). The van der Waals surface area contributed by atoms with Gasteiger partial charge in [-0.1, -0.05) is 32.9 Å². The number of rotatable bonds is 7. The van der Waals surface area contributed by atoms with Crippen molar-refractivity contribution < 1.29 is 9.84 Å². The predicted molar refractivity (Wildman–Crippen MR) is 91.2 cm³/mol. The highest BCUT2D eigenvalue weighted by Crippen LogP contribution is 2.22. The first-order valence-electron chi connectivity index (χ1n) is 8.67. The zero-order chi connectivity index (χ0) is 15.9. The van der Waals surface area contributed by atoms with Crippen LogP contribution in [0.1, 0.15) is 51.7 Å². The summed E-state index contributed by atoms with van der Waals surface area (Å²) in [5, 5.41) is 10.3. The van der Waals surface area contributed by atoms with Gasteiger partial charge in [0, 0.05) is 6.54 Å². The zero-order valence-corrected chi connectivity index (χ0v) is 14.3. The van der Waals surface area contributed by atoms with E-state index in [1.165, 1.54) is 25.9 Å². The van der Waals surface area contributed by atoms with E-state index in [4.69, 9.17) is 4.74 Å². The molecule has 1 aromatic carbocycles. The summed E-state index contributed by atoms with van der Waals surface area (Å²) in [6.45, 7) is 10.7. The topological polar surface area (TPSA) is 32.7 Å². The molecule has 0 aliphatic carbocycles. The second-order valence-electron chi connectivity index (χ2n) is 7.10. The lowest BCUT2D eigenvalue weighted by Gasteiger charge is -2.30. The van der Waals surface area contributed by atoms with Crippen LogP contribution in [0.5, 0.6) is 5.75 Å². The Balaban J connectivity index is 1.76. The van der Waals surface area contributed by atoms with Crippen LogP contribution in [0.25, 0.3) is 0 Å². The van der Waals surface area contributed by atoms with Crippen molar-refractivity contribution in [3.8, 4) is 5.75 Å². The van der Waals surface area contributed by atoms with Crippen LogP contribution in [0.2, 0.25) is 0 Å². The molecule has 0 radical (unpaired) electrons. The van der Waals surface area contributed by atoms with Crippen molar-refractivity contribution in [2.24, 2.45) is 11.8 Å². The number of ether oxygens (including phenoxy) is 1. The Morgan fingerprint density at radius 1 is 1.18 bits per heavy atom. The Morgan fingerprint density at radius 2 is 1.82 bits per heavy atom. The van der Waals surface area contributed by atoms with E-state index >= 15 is 0 Å². The van der Waals surface area contributed by atoms with Crippen molar-refractivity contribution in [1.82, 2.24) is 4.90 Å². The third-order valence-corrected chi connectivity index (χ3v) is 4.44. The van der Waals surface area contributed by atoms with Crippen LogP contribution in [-0.4, -0.2) is 36.2 Å². The van der Waals surface area contributed by atoms with Crippen LogP contribution >= 0.6 is 0 Å². The molecule has 1 saturated heterocycles. The van der Waals surface area contributed by atoms with E-state index < -0.39 is 0 Å². The van der Waals surface area contributed by atoms with Gasteiger partial charge in [0.25, 0.3) is 0 Å². The average Bonchev–Trinajstić information content (AvgIpc) is 2.52. The van der Waals surface area contributed by atoms with E-state index in [1.807, 2.05) is 24.3 Å². The molecule has 1 atom stereocenters. The molecule has 1 aromatic rings. The van der Waals surface area contributed by atoms with E-state index in [0.717, 1.165) is 36.8 Å². The summed E-state index contributed by atoms with van der Waals surface area (Å²) in [5.41, 5.74) is 0.988. The molecule has 1 N–H and O–H groups in total. The van der Waals surface area contributed by atoms with Gasteiger partial charge >= 0.3 is 0 Å². The summed E-state index contributed by atoms with van der Waals surface area (Å²) in [6, 6.07) is 7.89. The smallest absolute Gasteiger partial charge is 0.119 e. The van der Waals surface area contributed by atoms with Crippen LogP contribution in [0.4, 0.5) is 0 Å². The van der Waals surface area contributed by atoms with Gasteiger partial charge in [-0.2, -0.15) is 0 Å². The second-order valence-corrected chi connectivity index (χ2v) is 7.10. The maximum absolute atomic E-state index is 10.3. The largest absolute Gasteiger partial charge is 0.493 e. The second kappa shape index (κ2) is 8.54. The first-order chi connectivity index (χ1) is 10.5. The molecule has 0 spiro atoms. The van der Waals surface area contributed by atoms with Crippen LogP contribution in [0.15, 0.2) is 24.3 Å². The quantitative estimate of drug-likeness (QED) is 0.830. The fraction of sp³-hybridized carbons (Fsp3) is 0.684. The van der Waals surface area contributed by atoms with E-state index in [9.17, 15) is 5.11 Å². The third-order valence-electron chi connectivity index (χ3n) is 4.44. The summed E-state index contributed by atoms with van der Waals surface area (Å²) < 4.78 is 5.68. The molecule has 0 saturated carbocycles. The maximum atomic E-state index is 10.3. The van der Waals surface area contributed by atoms with Gasteiger partial charge in [0.2, 0.25) is 0 Å². The molecular formula is C19H31NO2. The fourth-order valence-corrected chi connectivity index (χ4v) is 2.81.